The topological polar surface area (TPSA) is 192 Å². The molecule has 0 aromatic rings. The molecule has 0 bridgehead atoms. The van der Waals surface area contributed by atoms with E-state index >= 15 is 0 Å². The minimum absolute atomic E-state index is 0.436. The second kappa shape index (κ2) is 8.29. The van der Waals surface area contributed by atoms with Crippen molar-refractivity contribution in [3.05, 3.63) is 0 Å². The molecule has 2 heterocycles. The van der Waals surface area contributed by atoms with Crippen LogP contribution < -0.4 is 5.32 Å². The quantitative estimate of drug-likeness (QED) is 0.220. The molecule has 9 N–H and O–H groups in total. The third kappa shape index (κ3) is 3.86. The number of aliphatic hydroxyl groups excluding tert-OH is 8. The Kier molecular flexibility index (Phi) is 6.87. The van der Waals surface area contributed by atoms with E-state index < -0.39 is 80.9 Å². The maximum atomic E-state index is 10.1. The van der Waals surface area contributed by atoms with E-state index in [-0.39, 0.29) is 0 Å². The maximum Gasteiger partial charge on any atom is 0.186 e. The van der Waals surface area contributed by atoms with Gasteiger partial charge in [0.1, 0.15) is 24.4 Å². The minimum Gasteiger partial charge on any atom is -0.395 e. The van der Waals surface area contributed by atoms with Crippen LogP contribution in [0.25, 0.3) is 0 Å². The molecule has 0 spiro atoms. The van der Waals surface area contributed by atoms with E-state index in [9.17, 15) is 30.6 Å². The molecule has 0 saturated carbocycles. The van der Waals surface area contributed by atoms with Gasteiger partial charge in [-0.1, -0.05) is 0 Å². The summed E-state index contributed by atoms with van der Waals surface area (Å²) >= 11 is 0. The summed E-state index contributed by atoms with van der Waals surface area (Å²) in [4.78, 5) is 0. The second-order valence-electron chi connectivity index (χ2n) is 6.06. The van der Waals surface area contributed by atoms with E-state index in [0.29, 0.717) is 0 Å². The van der Waals surface area contributed by atoms with E-state index in [0.717, 1.165) is 0 Å². The summed E-state index contributed by atoms with van der Waals surface area (Å²) in [5, 5.41) is 79.5. The predicted octanol–water partition coefficient (Wildman–Crippen LogP) is -5.78. The van der Waals surface area contributed by atoms with E-state index in [1.165, 1.54) is 0 Å². The van der Waals surface area contributed by atoms with Crippen molar-refractivity contribution in [1.29, 1.82) is 0 Å². The highest BCUT2D eigenvalue weighted by molar-refractivity contribution is 5.01. The average molecular weight is 355 g/mol. The van der Waals surface area contributed by atoms with Gasteiger partial charge in [-0.15, -0.1) is 0 Å². The standard InChI is InChI=1S/C13H25NO10/c15-1-4-8(18)10(20)7(14-4)5(17)3-23-13-12(22)11(21)9(19)6(2-16)24-13/h4-22H,1-3H2. The van der Waals surface area contributed by atoms with Gasteiger partial charge in [0.25, 0.3) is 0 Å². The van der Waals surface area contributed by atoms with E-state index in [4.69, 9.17) is 19.7 Å². The number of aliphatic hydroxyl groups is 8. The summed E-state index contributed by atoms with van der Waals surface area (Å²) in [5.41, 5.74) is 0. The first-order chi connectivity index (χ1) is 11.3. The second-order valence-corrected chi connectivity index (χ2v) is 6.06. The number of nitrogens with one attached hydrogen (secondary N) is 1. The van der Waals surface area contributed by atoms with Crippen LogP contribution in [0, 0.1) is 0 Å². The zero-order valence-electron chi connectivity index (χ0n) is 12.8. The molecule has 2 aliphatic heterocycles. The highest BCUT2D eigenvalue weighted by Crippen LogP contribution is 2.23. The van der Waals surface area contributed by atoms with Crippen LogP contribution in [0.5, 0.6) is 0 Å². The summed E-state index contributed by atoms with van der Waals surface area (Å²) in [6.07, 6.45) is -11.2. The molecule has 2 fully saturated rings. The van der Waals surface area contributed by atoms with Crippen molar-refractivity contribution < 1.29 is 50.3 Å². The van der Waals surface area contributed by atoms with Crippen molar-refractivity contribution in [1.82, 2.24) is 5.32 Å². The summed E-state index contributed by atoms with van der Waals surface area (Å²) in [5.74, 6) is 0. The summed E-state index contributed by atoms with van der Waals surface area (Å²) in [7, 11) is 0. The van der Waals surface area contributed by atoms with Gasteiger partial charge in [0.15, 0.2) is 6.29 Å². The van der Waals surface area contributed by atoms with Gasteiger partial charge in [0.2, 0.25) is 0 Å². The van der Waals surface area contributed by atoms with Crippen LogP contribution in [-0.4, -0.2) is 122 Å². The largest absolute Gasteiger partial charge is 0.395 e. The molecule has 0 aromatic carbocycles. The predicted molar refractivity (Wildman–Crippen MR) is 75.5 cm³/mol. The lowest BCUT2D eigenvalue weighted by molar-refractivity contribution is -0.305. The van der Waals surface area contributed by atoms with Crippen LogP contribution in [-0.2, 0) is 9.47 Å². The molecule has 0 aromatic heterocycles. The van der Waals surface area contributed by atoms with Gasteiger partial charge in [-0.3, -0.25) is 0 Å². The van der Waals surface area contributed by atoms with Crippen LogP contribution in [0.3, 0.4) is 0 Å². The van der Waals surface area contributed by atoms with Gasteiger partial charge >= 0.3 is 0 Å². The number of ether oxygens (including phenoxy) is 2. The molecule has 24 heavy (non-hydrogen) atoms. The molecule has 10 unspecified atom stereocenters. The number of hydrogen-bond donors (Lipinski definition) is 9. The van der Waals surface area contributed by atoms with Gasteiger partial charge in [-0.05, 0) is 0 Å². The van der Waals surface area contributed by atoms with E-state index in [1.807, 2.05) is 0 Å². The lowest BCUT2D eigenvalue weighted by Gasteiger charge is -2.40. The van der Waals surface area contributed by atoms with Gasteiger partial charge in [-0.25, -0.2) is 0 Å². The first kappa shape index (κ1) is 19.9. The molecular formula is C13H25NO10. The molecule has 0 radical (unpaired) electrons. The minimum atomic E-state index is -1.60. The summed E-state index contributed by atoms with van der Waals surface area (Å²) in [6.45, 7) is -1.49. The first-order valence-electron chi connectivity index (χ1n) is 7.65. The Morgan fingerprint density at radius 2 is 1.54 bits per heavy atom. The van der Waals surface area contributed by atoms with Crippen molar-refractivity contribution in [2.24, 2.45) is 0 Å². The molecule has 2 rings (SSSR count). The Hall–Kier alpha value is -0.440. The number of rotatable bonds is 6. The van der Waals surface area contributed by atoms with Gasteiger partial charge in [0.05, 0.1) is 50.2 Å². The first-order valence-corrected chi connectivity index (χ1v) is 7.65. The normalized spacial score (nSPS) is 47.8. The molecule has 2 aliphatic rings. The maximum absolute atomic E-state index is 10.1. The van der Waals surface area contributed by atoms with Crippen molar-refractivity contribution in [3.8, 4) is 0 Å². The fourth-order valence-electron chi connectivity index (χ4n) is 2.90. The van der Waals surface area contributed by atoms with Crippen LogP contribution in [0.1, 0.15) is 0 Å². The summed E-state index contributed by atoms with van der Waals surface area (Å²) in [6, 6.07) is -1.78. The zero-order chi connectivity index (χ0) is 18.0. The van der Waals surface area contributed by atoms with Crippen molar-refractivity contribution >= 4 is 0 Å². The Balaban J connectivity index is 1.90. The molecule has 0 amide bonds. The van der Waals surface area contributed by atoms with E-state index in [1.54, 1.807) is 0 Å². The molecular weight excluding hydrogens is 330 g/mol. The monoisotopic (exact) mass is 355 g/mol. The van der Waals surface area contributed by atoms with Crippen LogP contribution >= 0.6 is 0 Å². The third-order valence-corrected chi connectivity index (χ3v) is 4.43. The number of hydrogen-bond acceptors (Lipinski definition) is 11. The fourth-order valence-corrected chi connectivity index (χ4v) is 2.90. The highest BCUT2D eigenvalue weighted by atomic mass is 16.7. The van der Waals surface area contributed by atoms with Crippen LogP contribution in [0.15, 0.2) is 0 Å². The Morgan fingerprint density at radius 3 is 2.08 bits per heavy atom. The summed E-state index contributed by atoms with van der Waals surface area (Å²) < 4.78 is 10.3. The molecule has 2 saturated heterocycles. The van der Waals surface area contributed by atoms with Crippen LogP contribution in [0.2, 0.25) is 0 Å². The highest BCUT2D eigenvalue weighted by Gasteiger charge is 2.46. The van der Waals surface area contributed by atoms with Gasteiger partial charge < -0.3 is 55.6 Å². The van der Waals surface area contributed by atoms with Crippen molar-refractivity contribution in [2.75, 3.05) is 19.8 Å². The van der Waals surface area contributed by atoms with Gasteiger partial charge in [0, 0.05) is 0 Å². The molecule has 11 nitrogen and oxygen atoms in total. The molecule has 0 aliphatic carbocycles. The van der Waals surface area contributed by atoms with Crippen LogP contribution in [0.4, 0.5) is 0 Å². The van der Waals surface area contributed by atoms with Crippen molar-refractivity contribution in [3.63, 3.8) is 0 Å². The SMILES string of the molecule is OCC1NC(C(O)COC2OC(CO)C(O)C(O)C2O)C(O)C1O. The van der Waals surface area contributed by atoms with Gasteiger partial charge in [-0.2, -0.15) is 0 Å². The third-order valence-electron chi connectivity index (χ3n) is 4.43. The lowest BCUT2D eigenvalue weighted by atomic mass is 9.99. The fraction of sp³-hybridized carbons (Fsp3) is 1.00. The Labute approximate surface area is 137 Å². The van der Waals surface area contributed by atoms with E-state index in [2.05, 4.69) is 5.32 Å². The Morgan fingerprint density at radius 1 is 0.875 bits per heavy atom. The molecule has 10 atom stereocenters. The Bertz CT molecular complexity index is 399. The average Bonchev–Trinajstić information content (AvgIpc) is 2.87. The lowest BCUT2D eigenvalue weighted by Crippen LogP contribution is -2.59. The van der Waals surface area contributed by atoms with Crippen molar-refractivity contribution in [2.45, 2.75) is 61.1 Å². The molecule has 142 valence electrons. The molecule has 11 heteroatoms. The zero-order valence-corrected chi connectivity index (χ0v) is 12.8. The smallest absolute Gasteiger partial charge is 0.186 e.